The molecule has 0 fully saturated rings. The minimum Gasteiger partial charge on any atom is -0.476 e. The fourth-order valence-electron chi connectivity index (χ4n) is 1.43. The lowest BCUT2D eigenvalue weighted by Gasteiger charge is -2.36. The minimum absolute atomic E-state index is 0.394. The van der Waals surface area contributed by atoms with Gasteiger partial charge in [-0.25, -0.2) is 0 Å². The first kappa shape index (κ1) is 9.13. The highest BCUT2D eigenvalue weighted by Gasteiger charge is 2.35. The van der Waals surface area contributed by atoms with Crippen LogP contribution in [-0.2, 0) is 0 Å². The van der Waals surface area contributed by atoms with Crippen LogP contribution in [0, 0.1) is 0 Å². The Balaban J connectivity index is 2.41. The van der Waals surface area contributed by atoms with Crippen molar-refractivity contribution in [1.29, 1.82) is 0 Å². The highest BCUT2D eigenvalue weighted by Crippen LogP contribution is 2.40. The molecule has 0 aliphatic carbocycles. The number of hydrogen-bond donors (Lipinski definition) is 0. The van der Waals surface area contributed by atoms with E-state index in [1.807, 2.05) is 31.2 Å². The Hall–Kier alpha value is -1.44. The second-order valence-corrected chi connectivity index (χ2v) is 3.66. The molecule has 0 saturated carbocycles. The second-order valence-electron chi connectivity index (χ2n) is 3.66. The van der Waals surface area contributed by atoms with E-state index in [-0.39, 0.29) is 0 Å². The van der Waals surface area contributed by atoms with Crippen molar-refractivity contribution >= 4 is 0 Å². The lowest BCUT2D eigenvalue weighted by Crippen LogP contribution is -2.38. The number of para-hydroxylation sites is 2. The zero-order chi connectivity index (χ0) is 10.2. The number of ether oxygens (including phenoxy) is 2. The first-order valence-electron chi connectivity index (χ1n) is 4.81. The molecule has 1 aliphatic rings. The Morgan fingerprint density at radius 1 is 1.29 bits per heavy atom. The normalized spacial score (nSPS) is 24.9. The van der Waals surface area contributed by atoms with Crippen LogP contribution in [0.2, 0.25) is 0 Å². The van der Waals surface area contributed by atoms with Gasteiger partial charge < -0.3 is 9.47 Å². The Kier molecular flexibility index (Phi) is 1.99. The molecule has 2 rings (SSSR count). The fourth-order valence-corrected chi connectivity index (χ4v) is 1.43. The summed E-state index contributed by atoms with van der Waals surface area (Å²) in [6.45, 7) is 7.94. The average Bonchev–Trinajstić information content (AvgIpc) is 2.20. The first-order chi connectivity index (χ1) is 6.65. The maximum Gasteiger partial charge on any atom is 0.169 e. The molecule has 0 bridgehead atoms. The van der Waals surface area contributed by atoms with Crippen LogP contribution >= 0.6 is 0 Å². The predicted octanol–water partition coefficient (Wildman–Crippen LogP) is 3.14. The Morgan fingerprint density at radius 2 is 1.93 bits per heavy atom. The van der Waals surface area contributed by atoms with E-state index in [2.05, 4.69) is 13.5 Å². The topological polar surface area (TPSA) is 18.5 Å². The number of hydrogen-bond acceptors (Lipinski definition) is 2. The van der Waals surface area contributed by atoms with Gasteiger partial charge >= 0.3 is 0 Å². The van der Waals surface area contributed by atoms with E-state index in [0.717, 1.165) is 17.9 Å². The molecule has 0 aromatic heterocycles. The van der Waals surface area contributed by atoms with Gasteiger partial charge in [-0.15, -0.1) is 0 Å². The summed E-state index contributed by atoms with van der Waals surface area (Å²) >= 11 is 0. The largest absolute Gasteiger partial charge is 0.476 e. The van der Waals surface area contributed by atoms with Gasteiger partial charge in [0.05, 0.1) is 0 Å². The molecule has 1 aromatic carbocycles. The van der Waals surface area contributed by atoms with E-state index in [1.165, 1.54) is 0 Å². The molecule has 0 N–H and O–H groups in total. The summed E-state index contributed by atoms with van der Waals surface area (Å²) in [5.41, 5.74) is -0.394. The third-order valence-electron chi connectivity index (χ3n) is 2.68. The molecule has 1 unspecified atom stereocenters. The first-order valence-corrected chi connectivity index (χ1v) is 4.81. The Bertz CT molecular complexity index is 370. The van der Waals surface area contributed by atoms with Crippen molar-refractivity contribution in [3.05, 3.63) is 36.6 Å². The fraction of sp³-hybridized carbons (Fsp3) is 0.333. The van der Waals surface area contributed by atoms with Gasteiger partial charge in [0.1, 0.15) is 5.76 Å². The van der Waals surface area contributed by atoms with Crippen molar-refractivity contribution in [2.45, 2.75) is 25.9 Å². The third kappa shape index (κ3) is 1.27. The quantitative estimate of drug-likeness (QED) is 0.677. The zero-order valence-corrected chi connectivity index (χ0v) is 8.54. The summed E-state index contributed by atoms with van der Waals surface area (Å²) < 4.78 is 11.5. The van der Waals surface area contributed by atoms with Crippen LogP contribution in [0.25, 0.3) is 0 Å². The van der Waals surface area contributed by atoms with E-state index in [4.69, 9.17) is 9.47 Å². The van der Waals surface area contributed by atoms with Crippen LogP contribution in [0.4, 0.5) is 0 Å². The Morgan fingerprint density at radius 3 is 2.57 bits per heavy atom. The van der Waals surface area contributed by atoms with Gasteiger partial charge in [-0.05, 0) is 25.5 Å². The average molecular weight is 190 g/mol. The summed E-state index contributed by atoms with van der Waals surface area (Å²) in [4.78, 5) is 0. The molecule has 0 radical (unpaired) electrons. The molecule has 1 atom stereocenters. The molecule has 0 amide bonds. The lowest BCUT2D eigenvalue weighted by atomic mass is 10.00. The molecule has 74 valence electrons. The molecule has 14 heavy (non-hydrogen) atoms. The van der Waals surface area contributed by atoms with E-state index in [0.29, 0.717) is 5.76 Å². The minimum atomic E-state index is -0.394. The van der Waals surface area contributed by atoms with Gasteiger partial charge in [-0.2, -0.15) is 0 Å². The van der Waals surface area contributed by atoms with Gasteiger partial charge in [0.15, 0.2) is 17.1 Å². The smallest absolute Gasteiger partial charge is 0.169 e. The van der Waals surface area contributed by atoms with Crippen molar-refractivity contribution in [3.63, 3.8) is 0 Å². The highest BCUT2D eigenvalue weighted by molar-refractivity contribution is 5.44. The highest BCUT2D eigenvalue weighted by atomic mass is 16.6. The van der Waals surface area contributed by atoms with Crippen LogP contribution in [-0.4, -0.2) is 5.60 Å². The third-order valence-corrected chi connectivity index (χ3v) is 2.68. The van der Waals surface area contributed by atoms with Crippen LogP contribution < -0.4 is 9.47 Å². The molecule has 2 heteroatoms. The van der Waals surface area contributed by atoms with Crippen molar-refractivity contribution in [1.82, 2.24) is 0 Å². The standard InChI is InChI=1S/C12H14O2/c1-4-12(3)9(2)13-10-7-5-6-8-11(10)14-12/h5-8H,2,4H2,1,3H3. The van der Waals surface area contributed by atoms with Crippen molar-refractivity contribution < 1.29 is 9.47 Å². The van der Waals surface area contributed by atoms with Crippen molar-refractivity contribution in [3.8, 4) is 11.5 Å². The molecule has 0 spiro atoms. The molecule has 1 aromatic rings. The Labute approximate surface area is 84.2 Å². The van der Waals surface area contributed by atoms with Gasteiger partial charge in [0.25, 0.3) is 0 Å². The molecule has 1 aliphatic heterocycles. The zero-order valence-electron chi connectivity index (χ0n) is 8.54. The maximum absolute atomic E-state index is 5.86. The molecule has 1 heterocycles. The van der Waals surface area contributed by atoms with E-state index in [1.54, 1.807) is 0 Å². The summed E-state index contributed by atoms with van der Waals surface area (Å²) in [6.07, 6.45) is 0.847. The molecule has 2 nitrogen and oxygen atoms in total. The van der Waals surface area contributed by atoms with Crippen LogP contribution in [0.3, 0.4) is 0 Å². The monoisotopic (exact) mass is 190 g/mol. The van der Waals surface area contributed by atoms with E-state index in [9.17, 15) is 0 Å². The summed E-state index contributed by atoms with van der Waals surface area (Å²) in [6, 6.07) is 7.65. The van der Waals surface area contributed by atoms with Gasteiger partial charge in [0, 0.05) is 0 Å². The number of rotatable bonds is 1. The lowest BCUT2D eigenvalue weighted by molar-refractivity contribution is 0.0548. The number of benzene rings is 1. The van der Waals surface area contributed by atoms with Gasteiger partial charge in [0.2, 0.25) is 0 Å². The van der Waals surface area contributed by atoms with Crippen LogP contribution in [0.5, 0.6) is 11.5 Å². The molecular weight excluding hydrogens is 176 g/mol. The molecular formula is C12H14O2. The van der Waals surface area contributed by atoms with Gasteiger partial charge in [-0.3, -0.25) is 0 Å². The maximum atomic E-state index is 5.86. The summed E-state index contributed by atoms with van der Waals surface area (Å²) in [5, 5.41) is 0. The SMILES string of the molecule is C=C1Oc2ccccc2OC1(C)CC. The van der Waals surface area contributed by atoms with E-state index < -0.39 is 5.60 Å². The predicted molar refractivity (Wildman–Crippen MR) is 55.5 cm³/mol. The second kappa shape index (κ2) is 3.05. The van der Waals surface area contributed by atoms with Crippen molar-refractivity contribution in [2.75, 3.05) is 0 Å². The summed E-state index contributed by atoms with van der Waals surface area (Å²) in [7, 11) is 0. The van der Waals surface area contributed by atoms with Crippen LogP contribution in [0.15, 0.2) is 36.6 Å². The summed E-state index contributed by atoms with van der Waals surface area (Å²) in [5.74, 6) is 2.23. The van der Waals surface area contributed by atoms with Gasteiger partial charge in [-0.1, -0.05) is 25.6 Å². The van der Waals surface area contributed by atoms with Crippen molar-refractivity contribution in [2.24, 2.45) is 0 Å². The van der Waals surface area contributed by atoms with E-state index >= 15 is 0 Å². The number of fused-ring (bicyclic) bond motifs is 1. The van der Waals surface area contributed by atoms with Crippen LogP contribution in [0.1, 0.15) is 20.3 Å². The molecule has 0 saturated heterocycles.